The van der Waals surface area contributed by atoms with Crippen molar-refractivity contribution in [2.24, 2.45) is 11.1 Å². The number of hydrogen-bond acceptors (Lipinski definition) is 4. The van der Waals surface area contributed by atoms with Gasteiger partial charge in [0.05, 0.1) is 25.2 Å². The Morgan fingerprint density at radius 3 is 2.68 bits per heavy atom. The van der Waals surface area contributed by atoms with Crippen LogP contribution in [-0.4, -0.2) is 20.3 Å². The van der Waals surface area contributed by atoms with E-state index in [-0.39, 0.29) is 5.41 Å². The number of nitrogens with two attached hydrogens (primary N) is 1. The van der Waals surface area contributed by atoms with Crippen LogP contribution in [-0.2, 0) is 6.42 Å². The maximum Gasteiger partial charge on any atom is 0.122 e. The van der Waals surface area contributed by atoms with Crippen molar-refractivity contribution >= 4 is 0 Å². The average molecular weight is 262 g/mol. The van der Waals surface area contributed by atoms with E-state index in [1.54, 1.807) is 7.11 Å². The lowest BCUT2D eigenvalue weighted by atomic mass is 9.92. The lowest BCUT2D eigenvalue weighted by molar-refractivity contribution is 0.262. The van der Waals surface area contributed by atoms with Gasteiger partial charge in [0, 0.05) is 0 Å². The number of benzene rings is 1. The van der Waals surface area contributed by atoms with E-state index >= 15 is 0 Å². The molecular weight excluding hydrogens is 240 g/mol. The molecule has 0 aromatic heterocycles. The highest BCUT2D eigenvalue weighted by atomic mass is 16.5. The van der Waals surface area contributed by atoms with Gasteiger partial charge in [-0.15, -0.1) is 0 Å². The van der Waals surface area contributed by atoms with E-state index in [4.69, 9.17) is 20.5 Å². The summed E-state index contributed by atoms with van der Waals surface area (Å²) in [6.45, 7) is 4.90. The molecule has 104 valence electrons. The van der Waals surface area contributed by atoms with Gasteiger partial charge in [-0.2, -0.15) is 5.26 Å². The molecule has 1 rings (SSSR count). The average Bonchev–Trinajstić information content (AvgIpc) is 2.40. The van der Waals surface area contributed by atoms with Crippen LogP contribution in [0.2, 0.25) is 0 Å². The molecular formula is C15H22N2O2. The second-order valence-electron chi connectivity index (χ2n) is 5.11. The van der Waals surface area contributed by atoms with Gasteiger partial charge in [0.1, 0.15) is 11.5 Å². The molecule has 0 heterocycles. The Kier molecular flexibility index (Phi) is 5.65. The largest absolute Gasteiger partial charge is 0.497 e. The smallest absolute Gasteiger partial charge is 0.122 e. The maximum absolute atomic E-state index is 8.96. The Balaban J connectivity index is 2.70. The summed E-state index contributed by atoms with van der Waals surface area (Å²) in [5.41, 5.74) is 6.28. The fourth-order valence-electron chi connectivity index (χ4n) is 1.65. The number of nitrogens with zero attached hydrogens (tertiary/aromatic N) is 1. The number of ether oxygens (including phenoxy) is 2. The van der Waals surface area contributed by atoms with Crippen molar-refractivity contribution in [1.82, 2.24) is 0 Å². The zero-order valence-electron chi connectivity index (χ0n) is 11.9. The molecule has 0 fully saturated rings. The molecule has 0 bridgehead atoms. The first-order valence-corrected chi connectivity index (χ1v) is 6.43. The molecule has 0 saturated heterocycles. The third kappa shape index (κ3) is 4.80. The van der Waals surface area contributed by atoms with Crippen molar-refractivity contribution < 1.29 is 9.47 Å². The topological polar surface area (TPSA) is 68.3 Å². The van der Waals surface area contributed by atoms with E-state index in [1.807, 2.05) is 32.0 Å². The Bertz CT molecular complexity index is 450. The van der Waals surface area contributed by atoms with E-state index in [1.165, 1.54) is 0 Å². The highest BCUT2D eigenvalue weighted by Crippen LogP contribution is 2.26. The van der Waals surface area contributed by atoms with E-state index in [0.717, 1.165) is 23.5 Å². The van der Waals surface area contributed by atoms with E-state index in [0.29, 0.717) is 19.6 Å². The minimum absolute atomic E-state index is 0.361. The van der Waals surface area contributed by atoms with Gasteiger partial charge in [-0.25, -0.2) is 0 Å². The molecule has 1 aromatic carbocycles. The molecule has 4 nitrogen and oxygen atoms in total. The summed E-state index contributed by atoms with van der Waals surface area (Å²) < 4.78 is 11.0. The molecule has 1 aromatic rings. The Morgan fingerprint density at radius 1 is 1.37 bits per heavy atom. The molecule has 2 N–H and O–H groups in total. The third-order valence-electron chi connectivity index (χ3n) is 2.97. The predicted molar refractivity (Wildman–Crippen MR) is 75.3 cm³/mol. The van der Waals surface area contributed by atoms with Crippen molar-refractivity contribution in [3.8, 4) is 17.6 Å². The fraction of sp³-hybridized carbons (Fsp3) is 0.533. The molecule has 0 saturated carbocycles. The third-order valence-corrected chi connectivity index (χ3v) is 2.97. The van der Waals surface area contributed by atoms with Gasteiger partial charge in [-0.05, 0) is 57.0 Å². The van der Waals surface area contributed by atoms with Crippen molar-refractivity contribution in [2.45, 2.75) is 26.7 Å². The summed E-state index contributed by atoms with van der Waals surface area (Å²) in [6.07, 6.45) is 1.44. The summed E-state index contributed by atoms with van der Waals surface area (Å²) in [7, 11) is 1.64. The Labute approximate surface area is 115 Å². The molecule has 0 amide bonds. The molecule has 0 radical (unpaired) electrons. The van der Waals surface area contributed by atoms with Crippen LogP contribution < -0.4 is 15.2 Å². The number of nitriles is 1. The van der Waals surface area contributed by atoms with Gasteiger partial charge in [-0.1, -0.05) is 0 Å². The minimum Gasteiger partial charge on any atom is -0.497 e. The van der Waals surface area contributed by atoms with Gasteiger partial charge < -0.3 is 15.2 Å². The van der Waals surface area contributed by atoms with Gasteiger partial charge in [-0.3, -0.25) is 0 Å². The highest BCUT2D eigenvalue weighted by molar-refractivity contribution is 5.40. The number of rotatable bonds is 7. The van der Waals surface area contributed by atoms with Gasteiger partial charge >= 0.3 is 0 Å². The van der Waals surface area contributed by atoms with Gasteiger partial charge in [0.2, 0.25) is 0 Å². The van der Waals surface area contributed by atoms with Crippen LogP contribution in [0.25, 0.3) is 0 Å². The molecule has 0 spiro atoms. The highest BCUT2D eigenvalue weighted by Gasteiger charge is 2.16. The summed E-state index contributed by atoms with van der Waals surface area (Å²) in [6, 6.07) is 7.97. The zero-order valence-corrected chi connectivity index (χ0v) is 11.9. The van der Waals surface area contributed by atoms with Crippen molar-refractivity contribution in [1.29, 1.82) is 5.26 Å². The first kappa shape index (κ1) is 15.3. The van der Waals surface area contributed by atoms with Gasteiger partial charge in [0.15, 0.2) is 0 Å². The minimum atomic E-state index is -0.361. The van der Waals surface area contributed by atoms with Crippen LogP contribution in [0.4, 0.5) is 0 Å². The van der Waals surface area contributed by atoms with Crippen LogP contribution in [0, 0.1) is 16.7 Å². The van der Waals surface area contributed by atoms with Crippen LogP contribution >= 0.6 is 0 Å². The van der Waals surface area contributed by atoms with Crippen molar-refractivity contribution in [2.75, 3.05) is 20.3 Å². The van der Waals surface area contributed by atoms with Crippen molar-refractivity contribution in [3.05, 3.63) is 23.8 Å². The number of hydrogen-bond donors (Lipinski definition) is 1. The van der Waals surface area contributed by atoms with Crippen LogP contribution in [0.3, 0.4) is 0 Å². The molecule has 0 aliphatic rings. The Morgan fingerprint density at radius 2 is 2.11 bits per heavy atom. The van der Waals surface area contributed by atoms with E-state index in [2.05, 4.69) is 6.07 Å². The molecule has 0 aliphatic carbocycles. The quantitative estimate of drug-likeness (QED) is 0.819. The molecule has 0 atom stereocenters. The summed E-state index contributed by atoms with van der Waals surface area (Å²) in [5.74, 6) is 1.62. The summed E-state index contributed by atoms with van der Waals surface area (Å²) in [5, 5.41) is 8.96. The number of methoxy groups -OCH3 is 1. The Hall–Kier alpha value is -1.73. The lowest BCUT2D eigenvalue weighted by Crippen LogP contribution is -2.14. The monoisotopic (exact) mass is 262 g/mol. The standard InChI is InChI=1S/C15H22N2O2/c1-15(2,11-17)7-9-19-14-5-4-13(18-3)10-12(14)6-8-16/h4-5,10H,6-9,16H2,1-3H3. The summed E-state index contributed by atoms with van der Waals surface area (Å²) >= 11 is 0. The van der Waals surface area contributed by atoms with E-state index < -0.39 is 0 Å². The molecule has 19 heavy (non-hydrogen) atoms. The molecule has 0 aliphatic heterocycles. The van der Waals surface area contributed by atoms with Crippen LogP contribution in [0.5, 0.6) is 11.5 Å². The molecule has 0 unspecified atom stereocenters. The zero-order chi connectivity index (χ0) is 14.3. The van der Waals surface area contributed by atoms with Crippen LogP contribution in [0.1, 0.15) is 25.8 Å². The van der Waals surface area contributed by atoms with Gasteiger partial charge in [0.25, 0.3) is 0 Å². The van der Waals surface area contributed by atoms with Crippen molar-refractivity contribution in [3.63, 3.8) is 0 Å². The fourth-order valence-corrected chi connectivity index (χ4v) is 1.65. The second-order valence-corrected chi connectivity index (χ2v) is 5.11. The maximum atomic E-state index is 8.96. The molecule has 4 heteroatoms. The SMILES string of the molecule is COc1ccc(OCCC(C)(C)C#N)c(CCN)c1. The second kappa shape index (κ2) is 7.01. The predicted octanol–water partition coefficient (Wildman–Crippen LogP) is 2.52. The van der Waals surface area contributed by atoms with E-state index in [9.17, 15) is 0 Å². The first-order valence-electron chi connectivity index (χ1n) is 6.43. The normalized spacial score (nSPS) is 10.9. The van der Waals surface area contributed by atoms with Crippen LogP contribution in [0.15, 0.2) is 18.2 Å². The summed E-state index contributed by atoms with van der Waals surface area (Å²) in [4.78, 5) is 0. The first-order chi connectivity index (χ1) is 9.02. The lowest BCUT2D eigenvalue weighted by Gasteiger charge is -2.17.